The van der Waals surface area contributed by atoms with Gasteiger partial charge in [-0.3, -0.25) is 0 Å². The Balaban J connectivity index is 3.06. The zero-order valence-electron chi connectivity index (χ0n) is 5.87. The molecule has 1 rings (SSSR count). The summed E-state index contributed by atoms with van der Waals surface area (Å²) < 4.78 is 5.41. The van der Waals surface area contributed by atoms with Crippen LogP contribution in [0.15, 0.2) is 12.4 Å². The molecule has 0 saturated carbocycles. The Morgan fingerprint density at radius 3 is 2.80 bits per heavy atom. The van der Waals surface area contributed by atoms with E-state index in [1.165, 1.54) is 19.5 Å². The number of aromatic nitrogens is 2. The van der Waals surface area contributed by atoms with E-state index >= 15 is 0 Å². The van der Waals surface area contributed by atoms with E-state index in [4.69, 9.17) is 4.74 Å². The van der Waals surface area contributed by atoms with Gasteiger partial charge < -0.3 is 9.94 Å². The Labute approximate surface area is 58.7 Å². The predicted molar refractivity (Wildman–Crippen MR) is 34.5 cm³/mol. The Morgan fingerprint density at radius 2 is 2.30 bits per heavy atom. The topological polar surface area (TPSA) is 49.1 Å². The maximum absolute atomic E-state index is 10.7. The molecule has 1 heterocycles. The molecule has 0 N–H and O–H groups in total. The molecule has 1 aromatic heterocycles. The normalized spacial score (nSPS) is 9.40. The molecule has 0 aliphatic carbocycles. The van der Waals surface area contributed by atoms with Gasteiger partial charge in [-0.05, 0) is 6.92 Å². The third-order valence-corrected chi connectivity index (χ3v) is 1.05. The first-order chi connectivity index (χ1) is 4.72. The van der Waals surface area contributed by atoms with Crippen molar-refractivity contribution >= 4 is 0 Å². The largest absolute Gasteiger partial charge is 0.619 e. The maximum Gasteiger partial charge on any atom is 0.281 e. The minimum atomic E-state index is 0.343. The lowest BCUT2D eigenvalue weighted by Gasteiger charge is -1.99. The fourth-order valence-electron chi connectivity index (χ4n) is 0.660. The van der Waals surface area contributed by atoms with Crippen molar-refractivity contribution in [3.8, 4) is 5.88 Å². The highest BCUT2D eigenvalue weighted by Gasteiger charge is 1.99. The van der Waals surface area contributed by atoms with Crippen LogP contribution in [0.4, 0.5) is 0 Å². The average Bonchev–Trinajstić information content (AvgIpc) is 1.85. The minimum Gasteiger partial charge on any atom is -0.619 e. The lowest BCUT2D eigenvalue weighted by molar-refractivity contribution is -0.606. The average molecular weight is 140 g/mol. The molecule has 0 aromatic carbocycles. The molecule has 0 saturated heterocycles. The zero-order valence-corrected chi connectivity index (χ0v) is 5.87. The second kappa shape index (κ2) is 2.51. The van der Waals surface area contributed by atoms with Crippen molar-refractivity contribution in [2.75, 3.05) is 7.11 Å². The van der Waals surface area contributed by atoms with Crippen LogP contribution in [0.25, 0.3) is 0 Å². The van der Waals surface area contributed by atoms with E-state index in [9.17, 15) is 5.21 Å². The van der Waals surface area contributed by atoms with Crippen LogP contribution in [-0.4, -0.2) is 12.1 Å². The van der Waals surface area contributed by atoms with E-state index in [1.807, 2.05) is 0 Å². The summed E-state index contributed by atoms with van der Waals surface area (Å²) in [6.45, 7) is 1.73. The summed E-state index contributed by atoms with van der Waals surface area (Å²) in [5, 5.41) is 10.7. The fraction of sp³-hybridized carbons (Fsp3) is 0.333. The Morgan fingerprint density at radius 1 is 1.60 bits per heavy atom. The fourth-order valence-corrected chi connectivity index (χ4v) is 0.660. The molecule has 0 atom stereocenters. The summed E-state index contributed by atoms with van der Waals surface area (Å²) in [5.74, 6) is 0.343. The monoisotopic (exact) mass is 140 g/mol. The van der Waals surface area contributed by atoms with Crippen LogP contribution in [0, 0.1) is 12.1 Å². The van der Waals surface area contributed by atoms with Crippen LogP contribution in [-0.2, 0) is 0 Å². The smallest absolute Gasteiger partial charge is 0.281 e. The summed E-state index contributed by atoms with van der Waals surface area (Å²) in [7, 11) is 1.47. The molecular weight excluding hydrogens is 132 g/mol. The predicted octanol–water partition coefficient (Wildman–Crippen LogP) is 0.0320. The van der Waals surface area contributed by atoms with Crippen molar-refractivity contribution in [2.45, 2.75) is 6.92 Å². The molecule has 0 unspecified atom stereocenters. The number of aryl methyl sites for hydroxylation is 1. The Hall–Kier alpha value is -1.32. The maximum atomic E-state index is 10.7. The number of hydrogen-bond acceptors (Lipinski definition) is 3. The molecule has 4 nitrogen and oxygen atoms in total. The van der Waals surface area contributed by atoms with E-state index in [-0.39, 0.29) is 0 Å². The van der Waals surface area contributed by atoms with Gasteiger partial charge in [0.1, 0.15) is 5.69 Å². The van der Waals surface area contributed by atoms with E-state index in [0.29, 0.717) is 16.3 Å². The number of rotatable bonds is 1. The first-order valence-electron chi connectivity index (χ1n) is 2.84. The number of methoxy groups -OCH3 is 1. The van der Waals surface area contributed by atoms with E-state index in [0.717, 1.165) is 0 Å². The van der Waals surface area contributed by atoms with Gasteiger partial charge in [-0.1, -0.05) is 0 Å². The summed E-state index contributed by atoms with van der Waals surface area (Å²) in [6.07, 6.45) is 2.65. The minimum absolute atomic E-state index is 0.343. The van der Waals surface area contributed by atoms with Gasteiger partial charge in [0.05, 0.1) is 7.11 Å². The summed E-state index contributed by atoms with van der Waals surface area (Å²) in [5.41, 5.74) is 0.648. The summed E-state index contributed by atoms with van der Waals surface area (Å²) >= 11 is 0. The van der Waals surface area contributed by atoms with Gasteiger partial charge in [-0.2, -0.15) is 4.73 Å². The van der Waals surface area contributed by atoms with Gasteiger partial charge in [-0.15, -0.1) is 0 Å². The lowest BCUT2D eigenvalue weighted by Crippen LogP contribution is -2.25. The number of ether oxygens (including phenoxy) is 1. The molecule has 0 aliphatic heterocycles. The molecule has 0 radical (unpaired) electrons. The van der Waals surface area contributed by atoms with E-state index in [1.54, 1.807) is 6.92 Å². The van der Waals surface area contributed by atoms with Crippen molar-refractivity contribution in [1.29, 1.82) is 0 Å². The zero-order chi connectivity index (χ0) is 7.56. The molecule has 0 aliphatic rings. The van der Waals surface area contributed by atoms with Crippen LogP contribution < -0.4 is 9.47 Å². The molecular formula is C6H8N2O2. The van der Waals surface area contributed by atoms with Crippen molar-refractivity contribution < 1.29 is 9.47 Å². The van der Waals surface area contributed by atoms with Gasteiger partial charge in [0.15, 0.2) is 0 Å². The summed E-state index contributed by atoms with van der Waals surface area (Å²) in [6, 6.07) is 0. The Bertz CT molecular complexity index is 217. The first-order valence-corrected chi connectivity index (χ1v) is 2.84. The SMILES string of the molecule is COc1c[n+]([O-])cc(C)n1. The third kappa shape index (κ3) is 1.34. The highest BCUT2D eigenvalue weighted by molar-refractivity contribution is 5.02. The molecule has 4 heteroatoms. The molecule has 10 heavy (non-hydrogen) atoms. The quantitative estimate of drug-likeness (QED) is 0.408. The van der Waals surface area contributed by atoms with Gasteiger partial charge in [0, 0.05) is 0 Å². The first kappa shape index (κ1) is 6.80. The molecule has 0 spiro atoms. The number of hydrogen-bond donors (Lipinski definition) is 0. The standard InChI is InChI=1S/C6H8N2O2/c1-5-3-8(9)4-6(7-5)10-2/h3-4H,1-2H3. The van der Waals surface area contributed by atoms with Crippen molar-refractivity contribution in [1.82, 2.24) is 4.98 Å². The molecule has 0 fully saturated rings. The van der Waals surface area contributed by atoms with Crippen LogP contribution in [0.5, 0.6) is 5.88 Å². The van der Waals surface area contributed by atoms with Crippen LogP contribution in [0.1, 0.15) is 5.69 Å². The van der Waals surface area contributed by atoms with Gasteiger partial charge in [0.25, 0.3) is 5.88 Å². The highest BCUT2D eigenvalue weighted by atomic mass is 16.5. The molecule has 54 valence electrons. The second-order valence-electron chi connectivity index (χ2n) is 1.91. The van der Waals surface area contributed by atoms with Crippen molar-refractivity contribution in [3.63, 3.8) is 0 Å². The van der Waals surface area contributed by atoms with Crippen molar-refractivity contribution in [3.05, 3.63) is 23.3 Å². The third-order valence-electron chi connectivity index (χ3n) is 1.05. The Kier molecular flexibility index (Phi) is 1.71. The molecule has 0 bridgehead atoms. The van der Waals surface area contributed by atoms with Gasteiger partial charge in [-0.25, -0.2) is 4.98 Å². The number of nitrogens with zero attached hydrogens (tertiary/aromatic N) is 2. The van der Waals surface area contributed by atoms with Crippen LogP contribution >= 0.6 is 0 Å². The molecule has 0 amide bonds. The van der Waals surface area contributed by atoms with E-state index < -0.39 is 0 Å². The van der Waals surface area contributed by atoms with Crippen molar-refractivity contribution in [2.24, 2.45) is 0 Å². The van der Waals surface area contributed by atoms with Gasteiger partial charge in [0.2, 0.25) is 12.4 Å². The van der Waals surface area contributed by atoms with E-state index in [2.05, 4.69) is 4.98 Å². The van der Waals surface area contributed by atoms with Crippen LogP contribution in [0.3, 0.4) is 0 Å². The second-order valence-corrected chi connectivity index (χ2v) is 1.91. The molecule has 1 aromatic rings. The van der Waals surface area contributed by atoms with Crippen LogP contribution in [0.2, 0.25) is 0 Å². The van der Waals surface area contributed by atoms with Gasteiger partial charge >= 0.3 is 0 Å². The highest BCUT2D eigenvalue weighted by Crippen LogP contribution is 2.00. The summed E-state index contributed by atoms with van der Waals surface area (Å²) in [4.78, 5) is 3.91. The lowest BCUT2D eigenvalue weighted by atomic mass is 10.5.